The SMILES string of the molecule is CCCS(=O)(=O)CCC(N)=S. The Kier molecular flexibility index (Phi) is 4.60. The lowest BCUT2D eigenvalue weighted by molar-refractivity contribution is 0.595. The van der Waals surface area contributed by atoms with E-state index in [-0.39, 0.29) is 16.5 Å². The molecule has 0 aliphatic carbocycles. The van der Waals surface area contributed by atoms with E-state index in [2.05, 4.69) is 12.2 Å². The van der Waals surface area contributed by atoms with E-state index in [1.54, 1.807) is 0 Å². The van der Waals surface area contributed by atoms with E-state index in [1.165, 1.54) is 0 Å². The topological polar surface area (TPSA) is 60.2 Å². The molecule has 0 radical (unpaired) electrons. The molecule has 0 unspecified atom stereocenters. The average molecular weight is 195 g/mol. The molecule has 0 saturated carbocycles. The van der Waals surface area contributed by atoms with Crippen molar-refractivity contribution in [2.45, 2.75) is 19.8 Å². The van der Waals surface area contributed by atoms with Gasteiger partial charge in [0.05, 0.1) is 10.7 Å². The van der Waals surface area contributed by atoms with Crippen LogP contribution >= 0.6 is 12.2 Å². The van der Waals surface area contributed by atoms with E-state index in [0.29, 0.717) is 12.8 Å². The van der Waals surface area contributed by atoms with E-state index in [1.807, 2.05) is 6.92 Å². The fourth-order valence-electron chi connectivity index (χ4n) is 0.669. The molecule has 0 atom stereocenters. The number of nitrogens with two attached hydrogens (primary N) is 1. The summed E-state index contributed by atoms with van der Waals surface area (Å²) in [6.07, 6.45) is 0.956. The van der Waals surface area contributed by atoms with Crippen LogP contribution in [0.25, 0.3) is 0 Å². The summed E-state index contributed by atoms with van der Waals surface area (Å²) in [5.41, 5.74) is 5.16. The Morgan fingerprint density at radius 1 is 1.45 bits per heavy atom. The predicted octanol–water partition coefficient (Wildman–Crippen LogP) is 0.487. The average Bonchev–Trinajstić information content (AvgIpc) is 1.84. The first kappa shape index (κ1) is 10.8. The van der Waals surface area contributed by atoms with Gasteiger partial charge in [-0.3, -0.25) is 0 Å². The number of rotatable bonds is 5. The van der Waals surface area contributed by atoms with Crippen molar-refractivity contribution >= 4 is 27.0 Å². The molecule has 11 heavy (non-hydrogen) atoms. The van der Waals surface area contributed by atoms with E-state index < -0.39 is 9.84 Å². The molecule has 0 aliphatic heterocycles. The molecule has 0 aromatic rings. The minimum atomic E-state index is -2.89. The zero-order chi connectivity index (χ0) is 8.91. The maximum absolute atomic E-state index is 11.0. The lowest BCUT2D eigenvalue weighted by atomic mass is 10.5. The van der Waals surface area contributed by atoms with Crippen LogP contribution in [-0.2, 0) is 9.84 Å². The molecule has 0 amide bonds. The van der Waals surface area contributed by atoms with Crippen LogP contribution in [0.3, 0.4) is 0 Å². The van der Waals surface area contributed by atoms with Crippen LogP contribution < -0.4 is 5.73 Å². The predicted molar refractivity (Wildman–Crippen MR) is 50.3 cm³/mol. The molecule has 5 heteroatoms. The molecule has 0 saturated heterocycles. The summed E-state index contributed by atoms with van der Waals surface area (Å²) in [6.45, 7) is 1.83. The van der Waals surface area contributed by atoms with Crippen LogP contribution in [0.5, 0.6) is 0 Å². The second-order valence-electron chi connectivity index (χ2n) is 2.37. The second kappa shape index (κ2) is 4.66. The minimum absolute atomic E-state index is 0.0934. The molecule has 0 rings (SSSR count). The molecule has 0 aliphatic rings. The molecule has 0 spiro atoms. The van der Waals surface area contributed by atoms with Crippen LogP contribution in [0.1, 0.15) is 19.8 Å². The van der Waals surface area contributed by atoms with Gasteiger partial charge in [-0.25, -0.2) is 8.42 Å². The van der Waals surface area contributed by atoms with Crippen LogP contribution in [0, 0.1) is 0 Å². The van der Waals surface area contributed by atoms with Crippen molar-refractivity contribution in [3.63, 3.8) is 0 Å². The molecule has 66 valence electrons. The normalized spacial score (nSPS) is 11.4. The van der Waals surface area contributed by atoms with Gasteiger partial charge in [0, 0.05) is 12.2 Å². The third-order valence-corrected chi connectivity index (χ3v) is 3.24. The van der Waals surface area contributed by atoms with Crippen LogP contribution in [0.4, 0.5) is 0 Å². The highest BCUT2D eigenvalue weighted by atomic mass is 32.2. The van der Waals surface area contributed by atoms with Gasteiger partial charge in [-0.1, -0.05) is 19.1 Å². The Morgan fingerprint density at radius 3 is 2.36 bits per heavy atom. The Balaban J connectivity index is 3.84. The van der Waals surface area contributed by atoms with Gasteiger partial charge >= 0.3 is 0 Å². The highest BCUT2D eigenvalue weighted by molar-refractivity contribution is 7.91. The molecule has 0 heterocycles. The van der Waals surface area contributed by atoms with E-state index in [4.69, 9.17) is 5.73 Å². The first-order valence-corrected chi connectivity index (χ1v) is 5.69. The van der Waals surface area contributed by atoms with E-state index in [9.17, 15) is 8.42 Å². The number of hydrogen-bond donors (Lipinski definition) is 1. The van der Waals surface area contributed by atoms with E-state index in [0.717, 1.165) is 0 Å². The van der Waals surface area contributed by atoms with Gasteiger partial charge < -0.3 is 5.73 Å². The molecule has 3 nitrogen and oxygen atoms in total. The van der Waals surface area contributed by atoms with Gasteiger partial charge in [0.25, 0.3) is 0 Å². The first-order valence-electron chi connectivity index (χ1n) is 3.46. The number of sulfone groups is 1. The van der Waals surface area contributed by atoms with Gasteiger partial charge in [-0.2, -0.15) is 0 Å². The smallest absolute Gasteiger partial charge is 0.150 e. The summed E-state index contributed by atoms with van der Waals surface area (Å²) in [4.78, 5) is 0.268. The Morgan fingerprint density at radius 2 is 2.00 bits per heavy atom. The fourth-order valence-corrected chi connectivity index (χ4v) is 2.26. The zero-order valence-electron chi connectivity index (χ0n) is 6.54. The van der Waals surface area contributed by atoms with Crippen LogP contribution in [0.2, 0.25) is 0 Å². The quantitative estimate of drug-likeness (QED) is 0.648. The summed E-state index contributed by atoms with van der Waals surface area (Å²) >= 11 is 4.56. The van der Waals surface area contributed by atoms with Gasteiger partial charge in [0.2, 0.25) is 0 Å². The largest absolute Gasteiger partial charge is 0.393 e. The monoisotopic (exact) mass is 195 g/mol. The van der Waals surface area contributed by atoms with Crippen molar-refractivity contribution in [1.29, 1.82) is 0 Å². The van der Waals surface area contributed by atoms with Gasteiger partial charge in [0.15, 0.2) is 9.84 Å². The first-order chi connectivity index (χ1) is 4.98. The molecular formula is C6H13NO2S2. The zero-order valence-corrected chi connectivity index (χ0v) is 8.17. The highest BCUT2D eigenvalue weighted by Gasteiger charge is 2.08. The van der Waals surface area contributed by atoms with Crippen molar-refractivity contribution in [2.24, 2.45) is 5.73 Å². The van der Waals surface area contributed by atoms with Gasteiger partial charge in [-0.15, -0.1) is 0 Å². The Hall–Kier alpha value is -0.160. The van der Waals surface area contributed by atoms with Crippen molar-refractivity contribution in [1.82, 2.24) is 0 Å². The minimum Gasteiger partial charge on any atom is -0.393 e. The molecule has 2 N–H and O–H groups in total. The maximum atomic E-state index is 11.0. The van der Waals surface area contributed by atoms with Crippen molar-refractivity contribution in [3.8, 4) is 0 Å². The summed E-state index contributed by atoms with van der Waals surface area (Å²) in [5, 5.41) is 0. The van der Waals surface area contributed by atoms with Gasteiger partial charge in [-0.05, 0) is 6.42 Å². The van der Waals surface area contributed by atoms with Crippen molar-refractivity contribution in [2.75, 3.05) is 11.5 Å². The fraction of sp³-hybridized carbons (Fsp3) is 0.833. The molecule has 0 bridgehead atoms. The summed E-state index contributed by atoms with van der Waals surface area (Å²) in [6, 6.07) is 0. The lowest BCUT2D eigenvalue weighted by Gasteiger charge is -1.99. The molecule has 0 aromatic heterocycles. The Labute approximate surface area is 72.9 Å². The van der Waals surface area contributed by atoms with Crippen LogP contribution in [0.15, 0.2) is 0 Å². The van der Waals surface area contributed by atoms with Crippen LogP contribution in [-0.4, -0.2) is 24.9 Å². The van der Waals surface area contributed by atoms with Crippen molar-refractivity contribution in [3.05, 3.63) is 0 Å². The van der Waals surface area contributed by atoms with Crippen molar-refractivity contribution < 1.29 is 8.42 Å². The summed E-state index contributed by atoms with van der Waals surface area (Å²) in [7, 11) is -2.89. The lowest BCUT2D eigenvalue weighted by Crippen LogP contribution is -2.17. The molecule has 0 fully saturated rings. The molecular weight excluding hydrogens is 182 g/mol. The Bertz CT molecular complexity index is 221. The van der Waals surface area contributed by atoms with E-state index >= 15 is 0 Å². The third-order valence-electron chi connectivity index (χ3n) is 1.17. The number of thiocarbonyl (C=S) groups is 1. The summed E-state index contributed by atoms with van der Waals surface area (Å²) in [5.74, 6) is 0.325. The second-order valence-corrected chi connectivity index (χ2v) is 5.20. The number of hydrogen-bond acceptors (Lipinski definition) is 3. The summed E-state index contributed by atoms with van der Waals surface area (Å²) < 4.78 is 22.0. The van der Waals surface area contributed by atoms with Gasteiger partial charge in [0.1, 0.15) is 0 Å². The maximum Gasteiger partial charge on any atom is 0.150 e. The standard InChI is InChI=1S/C6H13NO2S2/c1-2-4-11(8,9)5-3-6(7)10/h2-5H2,1H3,(H2,7,10). The highest BCUT2D eigenvalue weighted by Crippen LogP contribution is 1.96. The third kappa shape index (κ3) is 6.25. The molecule has 0 aromatic carbocycles.